The molecule has 1 atom stereocenters. The summed E-state index contributed by atoms with van der Waals surface area (Å²) >= 11 is 4.89. The van der Waals surface area contributed by atoms with Gasteiger partial charge in [0.25, 0.3) is 0 Å². The molecular weight excluding hydrogens is 342 g/mol. The number of rotatable bonds is 4. The van der Waals surface area contributed by atoms with Gasteiger partial charge >= 0.3 is 5.69 Å². The molecule has 0 saturated heterocycles. The lowest BCUT2D eigenvalue weighted by atomic mass is 10.1. The number of aliphatic hydroxyl groups excluding tert-OH is 1. The molecule has 2 rings (SSSR count). The highest BCUT2D eigenvalue weighted by molar-refractivity contribution is 9.10. The van der Waals surface area contributed by atoms with Gasteiger partial charge in [-0.2, -0.15) is 0 Å². The van der Waals surface area contributed by atoms with E-state index in [2.05, 4.69) is 26.1 Å². The van der Waals surface area contributed by atoms with Crippen molar-refractivity contribution in [1.29, 1.82) is 0 Å². The van der Waals surface area contributed by atoms with E-state index in [0.29, 0.717) is 5.16 Å². The Morgan fingerprint density at radius 1 is 1.40 bits per heavy atom. The summed E-state index contributed by atoms with van der Waals surface area (Å²) in [7, 11) is 0. The Kier molecular flexibility index (Phi) is 4.72. The lowest BCUT2D eigenvalue weighted by Crippen LogP contribution is -2.19. The van der Waals surface area contributed by atoms with Crippen LogP contribution in [-0.4, -0.2) is 19.9 Å². The number of nitrogens with one attached hydrogen (secondary N) is 1. The van der Waals surface area contributed by atoms with Crippen LogP contribution in [0, 0.1) is 0 Å². The summed E-state index contributed by atoms with van der Waals surface area (Å²) in [5.41, 5.74) is 0.628. The third kappa shape index (κ3) is 3.16. The second-order valence-electron chi connectivity index (χ2n) is 4.74. The smallest absolute Gasteiger partial charge is 0.344 e. The standard InChI is InChI=1S/C13H16BrN3O2S/c1-7(2)17-12(19)15-16-13(17)20-11-5-4-9(8(3)18)6-10(11)14/h4-8,18H,1-3H3,(H,15,19)/t8-/m0/s1. The Morgan fingerprint density at radius 3 is 2.65 bits per heavy atom. The Bertz CT molecular complexity index is 664. The topological polar surface area (TPSA) is 70.9 Å². The molecule has 0 amide bonds. The van der Waals surface area contributed by atoms with Gasteiger partial charge in [-0.05, 0) is 66.2 Å². The van der Waals surface area contributed by atoms with E-state index < -0.39 is 6.10 Å². The van der Waals surface area contributed by atoms with Gasteiger partial charge in [-0.25, -0.2) is 9.89 Å². The average molecular weight is 358 g/mol. The van der Waals surface area contributed by atoms with Crippen molar-refractivity contribution in [1.82, 2.24) is 14.8 Å². The van der Waals surface area contributed by atoms with Crippen LogP contribution in [-0.2, 0) is 0 Å². The first kappa shape index (κ1) is 15.3. The predicted molar refractivity (Wildman–Crippen MR) is 82.1 cm³/mol. The van der Waals surface area contributed by atoms with Crippen LogP contribution in [0.25, 0.3) is 0 Å². The van der Waals surface area contributed by atoms with Gasteiger partial charge in [0.05, 0.1) is 6.10 Å². The summed E-state index contributed by atoms with van der Waals surface area (Å²) in [5, 5.41) is 16.7. The molecule has 1 aromatic carbocycles. The summed E-state index contributed by atoms with van der Waals surface area (Å²) in [5.74, 6) is 0. The maximum absolute atomic E-state index is 11.7. The van der Waals surface area contributed by atoms with Gasteiger partial charge in [0.2, 0.25) is 0 Å². The number of benzene rings is 1. The van der Waals surface area contributed by atoms with Crippen molar-refractivity contribution in [2.75, 3.05) is 0 Å². The van der Waals surface area contributed by atoms with Crippen LogP contribution in [0.1, 0.15) is 38.5 Å². The molecule has 0 radical (unpaired) electrons. The Labute approximate surface area is 129 Å². The Hall–Kier alpha value is -1.05. The largest absolute Gasteiger partial charge is 0.389 e. The number of aliphatic hydroxyl groups is 1. The first-order valence-electron chi connectivity index (χ1n) is 6.22. The van der Waals surface area contributed by atoms with Crippen molar-refractivity contribution in [3.05, 3.63) is 38.7 Å². The summed E-state index contributed by atoms with van der Waals surface area (Å²) in [6, 6.07) is 5.68. The quantitative estimate of drug-likeness (QED) is 0.881. The molecule has 7 heteroatoms. The average Bonchev–Trinajstić information content (AvgIpc) is 2.72. The lowest BCUT2D eigenvalue weighted by Gasteiger charge is -2.11. The van der Waals surface area contributed by atoms with E-state index in [0.717, 1.165) is 14.9 Å². The molecule has 0 bridgehead atoms. The van der Waals surface area contributed by atoms with E-state index >= 15 is 0 Å². The molecule has 20 heavy (non-hydrogen) atoms. The van der Waals surface area contributed by atoms with Gasteiger partial charge in [-0.1, -0.05) is 6.07 Å². The fourth-order valence-electron chi connectivity index (χ4n) is 1.78. The highest BCUT2D eigenvalue weighted by Gasteiger charge is 2.14. The zero-order valence-corrected chi connectivity index (χ0v) is 13.8. The molecule has 0 aliphatic heterocycles. The van der Waals surface area contributed by atoms with Crippen molar-refractivity contribution < 1.29 is 5.11 Å². The fourth-order valence-corrected chi connectivity index (χ4v) is 3.39. The lowest BCUT2D eigenvalue weighted by molar-refractivity contribution is 0.199. The van der Waals surface area contributed by atoms with Crippen LogP contribution in [0.5, 0.6) is 0 Å². The first-order chi connectivity index (χ1) is 9.40. The van der Waals surface area contributed by atoms with Crippen molar-refractivity contribution >= 4 is 27.7 Å². The van der Waals surface area contributed by atoms with Crippen LogP contribution in [0.4, 0.5) is 0 Å². The highest BCUT2D eigenvalue weighted by atomic mass is 79.9. The number of aromatic amines is 1. The van der Waals surface area contributed by atoms with Crippen LogP contribution in [0.3, 0.4) is 0 Å². The van der Waals surface area contributed by atoms with Gasteiger partial charge in [-0.3, -0.25) is 4.57 Å². The van der Waals surface area contributed by atoms with E-state index in [9.17, 15) is 9.90 Å². The molecule has 0 spiro atoms. The minimum atomic E-state index is -0.510. The third-order valence-corrected chi connectivity index (χ3v) is 4.79. The molecule has 2 N–H and O–H groups in total. The zero-order chi connectivity index (χ0) is 14.9. The summed E-state index contributed by atoms with van der Waals surface area (Å²) in [4.78, 5) is 12.6. The molecule has 1 aromatic heterocycles. The van der Waals surface area contributed by atoms with Crippen LogP contribution in [0.2, 0.25) is 0 Å². The minimum Gasteiger partial charge on any atom is -0.389 e. The van der Waals surface area contributed by atoms with Crippen molar-refractivity contribution in [2.45, 2.75) is 43.0 Å². The van der Waals surface area contributed by atoms with Gasteiger partial charge in [-0.15, -0.1) is 5.10 Å². The third-order valence-electron chi connectivity index (χ3n) is 2.83. The minimum absolute atomic E-state index is 0.0410. The molecule has 2 aromatic rings. The number of halogens is 1. The van der Waals surface area contributed by atoms with Crippen LogP contribution >= 0.6 is 27.7 Å². The molecule has 0 unspecified atom stereocenters. The van der Waals surface area contributed by atoms with E-state index in [1.54, 1.807) is 11.5 Å². The number of nitrogens with zero attached hydrogens (tertiary/aromatic N) is 2. The summed E-state index contributed by atoms with van der Waals surface area (Å²) in [6.45, 7) is 5.60. The molecule has 0 aliphatic rings. The number of H-pyrrole nitrogens is 1. The van der Waals surface area contributed by atoms with E-state index in [4.69, 9.17) is 0 Å². The second kappa shape index (κ2) is 6.15. The van der Waals surface area contributed by atoms with Crippen molar-refractivity contribution in [3.63, 3.8) is 0 Å². The maximum Gasteiger partial charge on any atom is 0.344 e. The van der Waals surface area contributed by atoms with E-state index in [1.807, 2.05) is 32.0 Å². The van der Waals surface area contributed by atoms with E-state index in [1.165, 1.54) is 11.8 Å². The monoisotopic (exact) mass is 357 g/mol. The molecule has 1 heterocycles. The SMILES string of the molecule is CC(C)n1c(Sc2ccc([C@H](C)O)cc2Br)n[nH]c1=O. The Morgan fingerprint density at radius 2 is 2.10 bits per heavy atom. The number of hydrogen-bond donors (Lipinski definition) is 2. The van der Waals surface area contributed by atoms with Crippen molar-refractivity contribution in [2.24, 2.45) is 0 Å². The summed E-state index contributed by atoms with van der Waals surface area (Å²) < 4.78 is 2.48. The van der Waals surface area contributed by atoms with Crippen LogP contribution in [0.15, 0.2) is 37.5 Å². The molecule has 0 fully saturated rings. The molecule has 0 saturated carbocycles. The zero-order valence-electron chi connectivity index (χ0n) is 11.4. The molecule has 108 valence electrons. The maximum atomic E-state index is 11.7. The van der Waals surface area contributed by atoms with Gasteiger partial charge in [0, 0.05) is 15.4 Å². The van der Waals surface area contributed by atoms with Crippen molar-refractivity contribution in [3.8, 4) is 0 Å². The van der Waals surface area contributed by atoms with E-state index in [-0.39, 0.29) is 11.7 Å². The first-order valence-corrected chi connectivity index (χ1v) is 7.83. The molecule has 5 nitrogen and oxygen atoms in total. The summed E-state index contributed by atoms with van der Waals surface area (Å²) in [6.07, 6.45) is -0.510. The van der Waals surface area contributed by atoms with Gasteiger partial charge in [0.1, 0.15) is 0 Å². The highest BCUT2D eigenvalue weighted by Crippen LogP contribution is 2.34. The predicted octanol–water partition coefficient (Wildman–Crippen LogP) is 3.12. The van der Waals surface area contributed by atoms with Gasteiger partial charge in [0.15, 0.2) is 5.16 Å². The normalized spacial score (nSPS) is 12.9. The van der Waals surface area contributed by atoms with Crippen LogP contribution < -0.4 is 5.69 Å². The number of aromatic nitrogens is 3. The fraction of sp³-hybridized carbons (Fsp3) is 0.385. The molecular formula is C13H16BrN3O2S. The molecule has 0 aliphatic carbocycles. The number of hydrogen-bond acceptors (Lipinski definition) is 4. The van der Waals surface area contributed by atoms with Gasteiger partial charge < -0.3 is 5.11 Å². The second-order valence-corrected chi connectivity index (χ2v) is 6.61. The Balaban J connectivity index is 2.34.